The molecule has 0 radical (unpaired) electrons. The highest BCUT2D eigenvalue weighted by molar-refractivity contribution is 7.16. The van der Waals surface area contributed by atoms with Crippen LogP contribution in [0.4, 0.5) is 0 Å². The SMILES string of the molecule is [N-]=[N+]=NC[C@@H](O)c1ccc(Cl)s1. The number of nitrogens with zero attached hydrogens (tertiary/aromatic N) is 3. The zero-order valence-corrected chi connectivity index (χ0v) is 7.59. The molecular weight excluding hydrogens is 198 g/mol. The Morgan fingerprint density at radius 2 is 2.50 bits per heavy atom. The Kier molecular flexibility index (Phi) is 3.37. The Hall–Kier alpha value is -0.740. The summed E-state index contributed by atoms with van der Waals surface area (Å²) in [6, 6.07) is 3.41. The van der Waals surface area contributed by atoms with Gasteiger partial charge in [0.2, 0.25) is 0 Å². The van der Waals surface area contributed by atoms with E-state index >= 15 is 0 Å². The average Bonchev–Trinajstić information content (AvgIpc) is 2.47. The second-order valence-electron chi connectivity index (χ2n) is 2.07. The van der Waals surface area contributed by atoms with Gasteiger partial charge in [-0.15, -0.1) is 11.3 Å². The first-order chi connectivity index (χ1) is 5.74. The van der Waals surface area contributed by atoms with Crippen LogP contribution in [0.25, 0.3) is 10.4 Å². The molecule has 0 bridgehead atoms. The summed E-state index contributed by atoms with van der Waals surface area (Å²) in [5.41, 5.74) is 7.99. The molecule has 12 heavy (non-hydrogen) atoms. The van der Waals surface area contributed by atoms with E-state index < -0.39 is 6.10 Å². The maximum atomic E-state index is 9.35. The van der Waals surface area contributed by atoms with E-state index in [9.17, 15) is 5.11 Å². The molecule has 1 rings (SSSR count). The van der Waals surface area contributed by atoms with E-state index in [0.717, 1.165) is 0 Å². The van der Waals surface area contributed by atoms with Crippen LogP contribution in [0, 0.1) is 0 Å². The molecule has 0 spiro atoms. The van der Waals surface area contributed by atoms with Crippen LogP contribution in [0.1, 0.15) is 11.0 Å². The smallest absolute Gasteiger partial charge is 0.0938 e. The Balaban J connectivity index is 2.64. The fourth-order valence-corrected chi connectivity index (χ4v) is 1.75. The quantitative estimate of drug-likeness (QED) is 0.458. The molecule has 0 saturated carbocycles. The van der Waals surface area contributed by atoms with Gasteiger partial charge in [0, 0.05) is 9.79 Å². The lowest BCUT2D eigenvalue weighted by molar-refractivity contribution is 0.190. The van der Waals surface area contributed by atoms with Crippen LogP contribution in [0.3, 0.4) is 0 Å². The van der Waals surface area contributed by atoms with E-state index in [0.29, 0.717) is 9.21 Å². The minimum atomic E-state index is -0.738. The highest BCUT2D eigenvalue weighted by atomic mass is 35.5. The molecule has 0 aliphatic carbocycles. The monoisotopic (exact) mass is 203 g/mol. The van der Waals surface area contributed by atoms with E-state index in [-0.39, 0.29) is 6.54 Å². The van der Waals surface area contributed by atoms with Crippen LogP contribution in [-0.2, 0) is 0 Å². The van der Waals surface area contributed by atoms with Crippen molar-refractivity contribution in [3.63, 3.8) is 0 Å². The van der Waals surface area contributed by atoms with E-state index in [2.05, 4.69) is 10.0 Å². The Morgan fingerprint density at radius 1 is 1.75 bits per heavy atom. The van der Waals surface area contributed by atoms with Crippen LogP contribution in [0.15, 0.2) is 17.2 Å². The van der Waals surface area contributed by atoms with Gasteiger partial charge in [-0.25, -0.2) is 0 Å². The number of azide groups is 1. The van der Waals surface area contributed by atoms with Crippen LogP contribution < -0.4 is 0 Å². The maximum absolute atomic E-state index is 9.35. The lowest BCUT2D eigenvalue weighted by Crippen LogP contribution is -1.97. The molecule has 1 N–H and O–H groups in total. The number of aliphatic hydroxyl groups excluding tert-OH is 1. The molecule has 1 aromatic rings. The van der Waals surface area contributed by atoms with Gasteiger partial charge in [-0.3, -0.25) is 0 Å². The van der Waals surface area contributed by atoms with E-state index in [1.165, 1.54) is 11.3 Å². The molecular formula is C6H6ClN3OS. The molecule has 0 unspecified atom stereocenters. The summed E-state index contributed by atoms with van der Waals surface area (Å²) in [6.07, 6.45) is -0.738. The molecule has 0 aliphatic rings. The summed E-state index contributed by atoms with van der Waals surface area (Å²) in [7, 11) is 0. The van der Waals surface area contributed by atoms with E-state index in [4.69, 9.17) is 17.1 Å². The Bertz CT molecular complexity index is 307. The molecule has 1 heterocycles. The van der Waals surface area contributed by atoms with E-state index in [1.54, 1.807) is 12.1 Å². The largest absolute Gasteiger partial charge is 0.387 e. The van der Waals surface area contributed by atoms with Crippen LogP contribution >= 0.6 is 22.9 Å². The van der Waals surface area contributed by atoms with E-state index in [1.807, 2.05) is 0 Å². The molecule has 0 aliphatic heterocycles. The minimum absolute atomic E-state index is 0.0490. The summed E-state index contributed by atoms with van der Waals surface area (Å²) >= 11 is 6.92. The standard InChI is InChI=1S/C6H6ClN3OS/c7-6-2-1-5(12-6)4(11)3-9-10-8/h1-2,4,11H,3H2/t4-/m1/s1. The molecule has 1 atom stereocenters. The summed E-state index contributed by atoms with van der Waals surface area (Å²) in [5.74, 6) is 0. The van der Waals surface area contributed by atoms with Crippen molar-refractivity contribution in [2.75, 3.05) is 6.54 Å². The molecule has 6 heteroatoms. The first-order valence-corrected chi connectivity index (χ1v) is 4.37. The number of halogens is 1. The normalized spacial score (nSPS) is 12.2. The predicted molar refractivity (Wildman–Crippen MR) is 48.3 cm³/mol. The van der Waals surface area contributed by atoms with Crippen molar-refractivity contribution in [2.45, 2.75) is 6.10 Å². The van der Waals surface area contributed by atoms with Gasteiger partial charge in [-0.1, -0.05) is 16.7 Å². The fraction of sp³-hybridized carbons (Fsp3) is 0.333. The first kappa shape index (κ1) is 9.35. The molecule has 0 saturated heterocycles. The van der Waals surface area contributed by atoms with Gasteiger partial charge >= 0.3 is 0 Å². The highest BCUT2D eigenvalue weighted by Crippen LogP contribution is 2.26. The van der Waals surface area contributed by atoms with Crippen molar-refractivity contribution >= 4 is 22.9 Å². The Labute approximate surface area is 78.0 Å². The number of hydrogen-bond acceptors (Lipinski definition) is 3. The molecule has 0 fully saturated rings. The van der Waals surface area contributed by atoms with Gasteiger partial charge in [0.1, 0.15) is 0 Å². The van der Waals surface area contributed by atoms with Gasteiger partial charge in [0.05, 0.1) is 17.0 Å². The third kappa shape index (κ3) is 2.39. The third-order valence-electron chi connectivity index (χ3n) is 1.24. The lowest BCUT2D eigenvalue weighted by atomic mass is 10.3. The Morgan fingerprint density at radius 3 is 3.00 bits per heavy atom. The molecule has 0 aromatic carbocycles. The maximum Gasteiger partial charge on any atom is 0.0938 e. The van der Waals surface area contributed by atoms with Gasteiger partial charge in [0.25, 0.3) is 0 Å². The first-order valence-electron chi connectivity index (χ1n) is 3.18. The number of thiophene rings is 1. The highest BCUT2D eigenvalue weighted by Gasteiger charge is 2.08. The summed E-state index contributed by atoms with van der Waals surface area (Å²) in [4.78, 5) is 3.26. The van der Waals surface area contributed by atoms with Crippen LogP contribution in [0.5, 0.6) is 0 Å². The van der Waals surface area contributed by atoms with Crippen molar-refractivity contribution in [2.24, 2.45) is 5.11 Å². The van der Waals surface area contributed by atoms with Crippen molar-refractivity contribution in [3.05, 3.63) is 31.8 Å². The predicted octanol–water partition coefficient (Wildman–Crippen LogP) is 2.75. The van der Waals surface area contributed by atoms with Crippen molar-refractivity contribution in [1.29, 1.82) is 0 Å². The summed E-state index contributed by atoms with van der Waals surface area (Å²) < 4.78 is 0.616. The summed E-state index contributed by atoms with van der Waals surface area (Å²) in [6.45, 7) is 0.0490. The van der Waals surface area contributed by atoms with Crippen LogP contribution in [0.2, 0.25) is 4.34 Å². The zero-order valence-electron chi connectivity index (χ0n) is 6.01. The number of aliphatic hydroxyl groups is 1. The molecule has 4 nitrogen and oxygen atoms in total. The number of rotatable bonds is 3. The van der Waals surface area contributed by atoms with Gasteiger partial charge < -0.3 is 5.11 Å². The summed E-state index contributed by atoms with van der Waals surface area (Å²) in [5, 5.41) is 12.6. The fourth-order valence-electron chi connectivity index (χ4n) is 0.711. The topological polar surface area (TPSA) is 69.0 Å². The molecule has 1 aromatic heterocycles. The van der Waals surface area contributed by atoms with Crippen molar-refractivity contribution < 1.29 is 5.11 Å². The van der Waals surface area contributed by atoms with Gasteiger partial charge in [-0.05, 0) is 17.7 Å². The average molecular weight is 204 g/mol. The van der Waals surface area contributed by atoms with Crippen molar-refractivity contribution in [3.8, 4) is 0 Å². The van der Waals surface area contributed by atoms with Crippen molar-refractivity contribution in [1.82, 2.24) is 0 Å². The third-order valence-corrected chi connectivity index (χ3v) is 2.57. The minimum Gasteiger partial charge on any atom is -0.387 e. The molecule has 64 valence electrons. The lowest BCUT2D eigenvalue weighted by Gasteiger charge is -2.01. The van der Waals surface area contributed by atoms with Gasteiger partial charge in [-0.2, -0.15) is 0 Å². The van der Waals surface area contributed by atoms with Crippen LogP contribution in [-0.4, -0.2) is 11.7 Å². The second kappa shape index (κ2) is 4.33. The van der Waals surface area contributed by atoms with Gasteiger partial charge in [0.15, 0.2) is 0 Å². The zero-order chi connectivity index (χ0) is 8.97. The number of hydrogen-bond donors (Lipinski definition) is 1. The molecule has 0 amide bonds. The second-order valence-corrected chi connectivity index (χ2v) is 3.82.